The summed E-state index contributed by atoms with van der Waals surface area (Å²) < 4.78 is 5.55. The maximum Gasteiger partial charge on any atom is 0.407 e. The first kappa shape index (κ1) is 24.7. The molecule has 0 saturated carbocycles. The maximum absolute atomic E-state index is 13.3. The summed E-state index contributed by atoms with van der Waals surface area (Å²) in [7, 11) is 0. The summed E-state index contributed by atoms with van der Waals surface area (Å²) >= 11 is 0. The van der Waals surface area contributed by atoms with Gasteiger partial charge in [0, 0.05) is 25.0 Å². The molecule has 2 unspecified atom stereocenters. The molecule has 1 fully saturated rings. The first-order valence-electron chi connectivity index (χ1n) is 12.2. The minimum atomic E-state index is -1.18. The number of hydrogen-bond donors (Lipinski definition) is 2. The molecule has 8 heteroatoms. The largest absolute Gasteiger partial charge is 0.481 e. The van der Waals surface area contributed by atoms with Gasteiger partial charge in [-0.25, -0.2) is 4.79 Å². The van der Waals surface area contributed by atoms with E-state index in [0.29, 0.717) is 13.1 Å². The van der Waals surface area contributed by atoms with Crippen molar-refractivity contribution in [3.05, 3.63) is 59.7 Å². The average molecular weight is 480 g/mol. The molecule has 2 atom stereocenters. The summed E-state index contributed by atoms with van der Waals surface area (Å²) in [5.41, 5.74) is 4.40. The van der Waals surface area contributed by atoms with E-state index >= 15 is 0 Å². The first-order valence-corrected chi connectivity index (χ1v) is 12.2. The van der Waals surface area contributed by atoms with Gasteiger partial charge in [0.05, 0.1) is 6.42 Å². The van der Waals surface area contributed by atoms with Crippen LogP contribution in [0.5, 0.6) is 0 Å². The summed E-state index contributed by atoms with van der Waals surface area (Å²) in [6.45, 7) is 7.15. The van der Waals surface area contributed by atoms with Crippen molar-refractivity contribution in [2.45, 2.75) is 44.7 Å². The number of nitrogens with one attached hydrogen (secondary N) is 1. The molecule has 0 radical (unpaired) electrons. The Labute approximate surface area is 205 Å². The van der Waals surface area contributed by atoms with E-state index < -0.39 is 24.5 Å². The van der Waals surface area contributed by atoms with Crippen molar-refractivity contribution in [2.75, 3.05) is 32.8 Å². The van der Waals surface area contributed by atoms with Gasteiger partial charge in [0.25, 0.3) is 0 Å². The fourth-order valence-corrected chi connectivity index (χ4v) is 5.22. The number of ether oxygens (including phenoxy) is 1. The molecule has 186 valence electrons. The zero-order valence-electron chi connectivity index (χ0n) is 20.3. The Morgan fingerprint density at radius 3 is 2.29 bits per heavy atom. The van der Waals surface area contributed by atoms with Crippen molar-refractivity contribution in [2.24, 2.45) is 0 Å². The van der Waals surface area contributed by atoms with Gasteiger partial charge in [0.1, 0.15) is 12.6 Å². The molecule has 2 aromatic rings. The molecule has 1 aliphatic heterocycles. The number of likely N-dealkylation sites (N-methyl/N-ethyl adjacent to an activating group) is 1. The van der Waals surface area contributed by atoms with E-state index in [2.05, 4.69) is 29.3 Å². The lowest BCUT2D eigenvalue weighted by molar-refractivity contribution is -0.143. The highest BCUT2D eigenvalue weighted by atomic mass is 16.5. The predicted molar refractivity (Wildman–Crippen MR) is 132 cm³/mol. The molecular weight excluding hydrogens is 446 g/mol. The number of nitrogens with zero attached hydrogens (tertiary/aromatic N) is 2. The van der Waals surface area contributed by atoms with Crippen molar-refractivity contribution >= 4 is 18.0 Å². The van der Waals surface area contributed by atoms with Gasteiger partial charge < -0.3 is 25.0 Å². The van der Waals surface area contributed by atoms with Crippen LogP contribution in [0.25, 0.3) is 11.1 Å². The van der Waals surface area contributed by atoms with E-state index in [1.165, 1.54) is 0 Å². The molecular formula is C27H33N3O5. The molecule has 1 heterocycles. The third-order valence-corrected chi connectivity index (χ3v) is 6.97. The molecule has 4 rings (SSSR count). The molecule has 2 aliphatic rings. The first-order chi connectivity index (χ1) is 16.9. The number of rotatable bonds is 7. The van der Waals surface area contributed by atoms with Crippen LogP contribution in [-0.2, 0) is 14.3 Å². The summed E-state index contributed by atoms with van der Waals surface area (Å²) in [4.78, 5) is 41.5. The topological polar surface area (TPSA) is 99.2 Å². The molecule has 2 aromatic carbocycles. The zero-order chi connectivity index (χ0) is 24.9. The minimum absolute atomic E-state index is 0.0782. The lowest BCUT2D eigenvalue weighted by Gasteiger charge is -2.31. The summed E-state index contributed by atoms with van der Waals surface area (Å²) in [5, 5.41) is 11.9. The standard InChI is InChI=1S/C27H33N3O5/c1-3-29-13-8-14-30(18(2)16-29)26(33)24(15-25(31)32)28-27(34)35-17-23-21-11-6-4-9-19(21)20-10-5-7-12-22(20)23/h4-7,9-12,18,23-24H,3,8,13-17H2,1-2H3,(H,28,34)(H,31,32). The number of carboxylic acid groups (broad SMARTS) is 1. The normalized spacial score (nSPS) is 18.8. The van der Waals surface area contributed by atoms with Crippen molar-refractivity contribution < 1.29 is 24.2 Å². The SMILES string of the molecule is CCN1CCCN(C(=O)C(CC(=O)O)NC(=O)OCC2c3ccccc3-c3ccccc32)C(C)C1. The number of aliphatic carboxylic acids is 1. The zero-order valence-corrected chi connectivity index (χ0v) is 20.3. The third-order valence-electron chi connectivity index (χ3n) is 6.97. The van der Waals surface area contributed by atoms with Crippen LogP contribution in [0, 0.1) is 0 Å². The van der Waals surface area contributed by atoms with Gasteiger partial charge in [-0.1, -0.05) is 55.5 Å². The van der Waals surface area contributed by atoms with Crippen molar-refractivity contribution in [3.63, 3.8) is 0 Å². The van der Waals surface area contributed by atoms with Crippen LogP contribution in [-0.4, -0.2) is 77.7 Å². The van der Waals surface area contributed by atoms with E-state index in [-0.39, 0.29) is 24.5 Å². The van der Waals surface area contributed by atoms with Gasteiger partial charge in [0.15, 0.2) is 0 Å². The second-order valence-corrected chi connectivity index (χ2v) is 9.25. The summed E-state index contributed by atoms with van der Waals surface area (Å²) in [5.74, 6) is -1.65. The smallest absolute Gasteiger partial charge is 0.407 e. The van der Waals surface area contributed by atoms with E-state index in [9.17, 15) is 19.5 Å². The fraction of sp³-hybridized carbons (Fsp3) is 0.444. The second kappa shape index (κ2) is 10.9. The molecule has 0 aromatic heterocycles. The molecule has 0 bridgehead atoms. The number of fused-ring (bicyclic) bond motifs is 3. The second-order valence-electron chi connectivity index (χ2n) is 9.25. The van der Waals surface area contributed by atoms with Gasteiger partial charge in [-0.15, -0.1) is 0 Å². The summed E-state index contributed by atoms with van der Waals surface area (Å²) in [6, 6.07) is 14.8. The van der Waals surface area contributed by atoms with Crippen LogP contribution in [0.1, 0.15) is 43.7 Å². The fourth-order valence-electron chi connectivity index (χ4n) is 5.22. The highest BCUT2D eigenvalue weighted by molar-refractivity contribution is 5.89. The number of amides is 2. The van der Waals surface area contributed by atoms with Gasteiger partial charge in [-0.2, -0.15) is 0 Å². The number of carbonyl (C=O) groups is 3. The van der Waals surface area contributed by atoms with Crippen molar-refractivity contribution in [1.29, 1.82) is 0 Å². The number of alkyl carbamates (subject to hydrolysis) is 1. The monoisotopic (exact) mass is 479 g/mol. The van der Waals surface area contributed by atoms with E-state index in [4.69, 9.17) is 4.74 Å². The average Bonchev–Trinajstić information content (AvgIpc) is 3.04. The van der Waals surface area contributed by atoms with Crippen LogP contribution in [0.15, 0.2) is 48.5 Å². The lowest BCUT2D eigenvalue weighted by atomic mass is 9.98. The number of carbonyl (C=O) groups excluding carboxylic acids is 2. The molecule has 2 N–H and O–H groups in total. The third kappa shape index (κ3) is 5.48. The highest BCUT2D eigenvalue weighted by Gasteiger charge is 2.34. The van der Waals surface area contributed by atoms with Gasteiger partial charge in [-0.05, 0) is 48.7 Å². The van der Waals surface area contributed by atoms with Gasteiger partial charge in [-0.3, -0.25) is 9.59 Å². The molecule has 1 saturated heterocycles. The number of hydrogen-bond acceptors (Lipinski definition) is 5. The number of benzene rings is 2. The quantitative estimate of drug-likeness (QED) is 0.632. The Morgan fingerprint density at radius 1 is 1.06 bits per heavy atom. The Bertz CT molecular complexity index is 1040. The molecule has 1 aliphatic carbocycles. The van der Waals surface area contributed by atoms with Crippen LogP contribution < -0.4 is 5.32 Å². The van der Waals surface area contributed by atoms with E-state index in [1.807, 2.05) is 43.3 Å². The molecule has 8 nitrogen and oxygen atoms in total. The highest BCUT2D eigenvalue weighted by Crippen LogP contribution is 2.44. The minimum Gasteiger partial charge on any atom is -0.481 e. The number of carboxylic acids is 1. The Balaban J connectivity index is 1.43. The van der Waals surface area contributed by atoms with Gasteiger partial charge in [0.2, 0.25) is 5.91 Å². The predicted octanol–water partition coefficient (Wildman–Crippen LogP) is 3.31. The van der Waals surface area contributed by atoms with Crippen LogP contribution in [0.3, 0.4) is 0 Å². The van der Waals surface area contributed by atoms with Crippen molar-refractivity contribution in [1.82, 2.24) is 15.1 Å². The van der Waals surface area contributed by atoms with E-state index in [0.717, 1.165) is 41.8 Å². The maximum atomic E-state index is 13.3. The molecule has 2 amide bonds. The molecule has 0 spiro atoms. The van der Waals surface area contributed by atoms with Crippen molar-refractivity contribution in [3.8, 4) is 11.1 Å². The van der Waals surface area contributed by atoms with E-state index in [1.54, 1.807) is 4.90 Å². The lowest BCUT2D eigenvalue weighted by Crippen LogP contribution is -2.53. The van der Waals surface area contributed by atoms with Crippen LogP contribution >= 0.6 is 0 Å². The van der Waals surface area contributed by atoms with Crippen LogP contribution in [0.4, 0.5) is 4.79 Å². The molecule has 35 heavy (non-hydrogen) atoms. The Kier molecular flexibility index (Phi) is 7.70. The van der Waals surface area contributed by atoms with Crippen LogP contribution in [0.2, 0.25) is 0 Å². The van der Waals surface area contributed by atoms with Gasteiger partial charge >= 0.3 is 12.1 Å². The Morgan fingerprint density at radius 2 is 1.69 bits per heavy atom. The summed E-state index contributed by atoms with van der Waals surface area (Å²) in [6.07, 6.45) is -0.484. The Hall–Kier alpha value is -3.39.